The van der Waals surface area contributed by atoms with E-state index in [9.17, 15) is 9.59 Å². The second kappa shape index (κ2) is 11.2. The maximum absolute atomic E-state index is 12.8. The van der Waals surface area contributed by atoms with Crippen LogP contribution in [0.25, 0.3) is 0 Å². The monoisotopic (exact) mass is 455 g/mol. The van der Waals surface area contributed by atoms with E-state index in [2.05, 4.69) is 15.3 Å². The highest BCUT2D eigenvalue weighted by molar-refractivity contribution is 8.00. The number of aromatic nitrogens is 2. The number of H-pyrrole nitrogens is 1. The van der Waals surface area contributed by atoms with Gasteiger partial charge in [-0.25, -0.2) is 4.98 Å². The van der Waals surface area contributed by atoms with E-state index in [1.807, 2.05) is 37.3 Å². The molecule has 0 saturated carbocycles. The highest BCUT2D eigenvalue weighted by Gasteiger charge is 2.20. The number of amides is 1. The lowest BCUT2D eigenvalue weighted by Gasteiger charge is -2.15. The van der Waals surface area contributed by atoms with Crippen molar-refractivity contribution in [3.8, 4) is 17.2 Å². The van der Waals surface area contributed by atoms with Gasteiger partial charge < -0.3 is 24.5 Å². The predicted octanol–water partition coefficient (Wildman–Crippen LogP) is 3.88. The van der Waals surface area contributed by atoms with E-state index in [-0.39, 0.29) is 18.1 Å². The van der Waals surface area contributed by atoms with Gasteiger partial charge in [-0.1, -0.05) is 36.9 Å². The third-order valence-corrected chi connectivity index (χ3v) is 5.72. The zero-order valence-electron chi connectivity index (χ0n) is 18.1. The molecule has 3 aromatic rings. The Morgan fingerprint density at radius 1 is 1.09 bits per heavy atom. The largest absolute Gasteiger partial charge is 0.493 e. The Labute approximate surface area is 190 Å². The van der Waals surface area contributed by atoms with Gasteiger partial charge in [-0.15, -0.1) is 0 Å². The summed E-state index contributed by atoms with van der Waals surface area (Å²) in [4.78, 5) is 32.1. The van der Waals surface area contributed by atoms with Crippen molar-refractivity contribution in [2.75, 3.05) is 19.5 Å². The summed E-state index contributed by atoms with van der Waals surface area (Å²) >= 11 is 1.19. The summed E-state index contributed by atoms with van der Waals surface area (Å²) < 4.78 is 16.2. The number of methoxy groups -OCH3 is 2. The van der Waals surface area contributed by atoms with Crippen LogP contribution in [0.1, 0.15) is 19.0 Å². The molecule has 32 heavy (non-hydrogen) atoms. The molecular weight excluding hydrogens is 430 g/mol. The molecule has 1 unspecified atom stereocenters. The number of hydrogen-bond donors (Lipinski definition) is 2. The fourth-order valence-electron chi connectivity index (χ4n) is 2.88. The van der Waals surface area contributed by atoms with Crippen LogP contribution in [0.15, 0.2) is 64.5 Å². The SMILES string of the molecule is CCC(Sc1nc(COc2ccccc2)cc(=O)[nH]1)C(=O)Nc1ccc(OC)c(OC)c1. The van der Waals surface area contributed by atoms with Crippen molar-refractivity contribution in [2.45, 2.75) is 30.4 Å². The van der Waals surface area contributed by atoms with Gasteiger partial charge in [0.1, 0.15) is 12.4 Å². The van der Waals surface area contributed by atoms with Gasteiger partial charge in [0.15, 0.2) is 16.7 Å². The number of carbonyl (C=O) groups excluding carboxylic acids is 1. The molecule has 0 fully saturated rings. The topological polar surface area (TPSA) is 103 Å². The van der Waals surface area contributed by atoms with E-state index in [4.69, 9.17) is 14.2 Å². The Morgan fingerprint density at radius 3 is 2.53 bits per heavy atom. The van der Waals surface area contributed by atoms with Crippen LogP contribution in [-0.4, -0.2) is 35.3 Å². The Bertz CT molecular complexity index is 1100. The molecule has 8 nitrogen and oxygen atoms in total. The number of benzene rings is 2. The van der Waals surface area contributed by atoms with Crippen LogP contribution < -0.4 is 25.1 Å². The summed E-state index contributed by atoms with van der Waals surface area (Å²) in [5.74, 6) is 1.56. The molecule has 0 aliphatic heterocycles. The summed E-state index contributed by atoms with van der Waals surface area (Å²) in [6, 6.07) is 15.8. The van der Waals surface area contributed by atoms with E-state index in [1.165, 1.54) is 24.9 Å². The average Bonchev–Trinajstić information content (AvgIpc) is 2.81. The number of anilines is 1. The third kappa shape index (κ3) is 6.27. The molecule has 1 aromatic heterocycles. The Kier molecular flexibility index (Phi) is 8.15. The highest BCUT2D eigenvalue weighted by atomic mass is 32.2. The van der Waals surface area contributed by atoms with Crippen molar-refractivity contribution in [2.24, 2.45) is 0 Å². The summed E-state index contributed by atoms with van der Waals surface area (Å²) in [7, 11) is 3.08. The van der Waals surface area contributed by atoms with Gasteiger partial charge in [-0.05, 0) is 30.7 Å². The third-order valence-electron chi connectivity index (χ3n) is 4.47. The van der Waals surface area contributed by atoms with Crippen molar-refractivity contribution in [3.63, 3.8) is 0 Å². The van der Waals surface area contributed by atoms with E-state index in [0.29, 0.717) is 40.2 Å². The van der Waals surface area contributed by atoms with Gasteiger partial charge in [0.25, 0.3) is 5.56 Å². The maximum atomic E-state index is 12.8. The minimum atomic E-state index is -0.462. The summed E-state index contributed by atoms with van der Waals surface area (Å²) in [6.07, 6.45) is 0.540. The number of ether oxygens (including phenoxy) is 3. The minimum Gasteiger partial charge on any atom is -0.493 e. The van der Waals surface area contributed by atoms with Crippen LogP contribution in [0.4, 0.5) is 5.69 Å². The van der Waals surface area contributed by atoms with Crippen LogP contribution in [0.3, 0.4) is 0 Å². The van der Waals surface area contributed by atoms with Gasteiger partial charge in [-0.3, -0.25) is 9.59 Å². The van der Waals surface area contributed by atoms with Gasteiger partial charge in [0, 0.05) is 17.8 Å². The molecule has 1 atom stereocenters. The number of carbonyl (C=O) groups is 1. The quantitative estimate of drug-likeness (QED) is 0.353. The van der Waals surface area contributed by atoms with Crippen molar-refractivity contribution < 1.29 is 19.0 Å². The first-order valence-corrected chi connectivity index (χ1v) is 10.9. The fourth-order valence-corrected chi connectivity index (χ4v) is 3.81. The van der Waals surface area contributed by atoms with Crippen molar-refractivity contribution >= 4 is 23.4 Å². The van der Waals surface area contributed by atoms with E-state index < -0.39 is 5.25 Å². The number of para-hydroxylation sites is 1. The normalized spacial score (nSPS) is 11.5. The van der Waals surface area contributed by atoms with E-state index in [0.717, 1.165) is 0 Å². The number of nitrogens with zero attached hydrogens (tertiary/aromatic N) is 1. The first-order valence-electron chi connectivity index (χ1n) is 10.00. The Balaban J connectivity index is 1.68. The second-order valence-electron chi connectivity index (χ2n) is 6.72. The van der Waals surface area contributed by atoms with Gasteiger partial charge >= 0.3 is 0 Å². The van der Waals surface area contributed by atoms with Crippen molar-refractivity contribution in [1.29, 1.82) is 0 Å². The summed E-state index contributed by atoms with van der Waals surface area (Å²) in [6.45, 7) is 2.04. The second-order valence-corrected chi connectivity index (χ2v) is 7.91. The zero-order chi connectivity index (χ0) is 22.9. The molecule has 9 heteroatoms. The van der Waals surface area contributed by atoms with Crippen LogP contribution in [0.2, 0.25) is 0 Å². The molecule has 0 saturated heterocycles. The molecular formula is C23H25N3O5S. The molecule has 0 spiro atoms. The van der Waals surface area contributed by atoms with Gasteiger partial charge in [-0.2, -0.15) is 0 Å². The molecule has 0 bridgehead atoms. The average molecular weight is 456 g/mol. The van der Waals surface area contributed by atoms with Crippen LogP contribution in [-0.2, 0) is 11.4 Å². The molecule has 168 valence electrons. The molecule has 2 aromatic carbocycles. The lowest BCUT2D eigenvalue weighted by atomic mass is 10.2. The van der Waals surface area contributed by atoms with Crippen molar-refractivity contribution in [3.05, 3.63) is 70.6 Å². The number of thioether (sulfide) groups is 1. The fraction of sp³-hybridized carbons (Fsp3) is 0.261. The molecule has 0 aliphatic carbocycles. The Hall–Kier alpha value is -3.46. The maximum Gasteiger partial charge on any atom is 0.251 e. The van der Waals surface area contributed by atoms with Gasteiger partial charge in [0.05, 0.1) is 25.2 Å². The molecule has 3 rings (SSSR count). The standard InChI is InChI=1S/C23H25N3O5S/c1-4-20(22(28)24-15-10-11-18(29-2)19(12-15)30-3)32-23-25-16(13-21(27)26-23)14-31-17-8-6-5-7-9-17/h5-13,20H,4,14H2,1-3H3,(H,24,28)(H,25,26,27). The Morgan fingerprint density at radius 2 is 1.84 bits per heavy atom. The first-order chi connectivity index (χ1) is 15.5. The lowest BCUT2D eigenvalue weighted by molar-refractivity contribution is -0.115. The number of nitrogens with one attached hydrogen (secondary N) is 2. The molecule has 1 heterocycles. The zero-order valence-corrected chi connectivity index (χ0v) is 18.9. The molecule has 2 N–H and O–H groups in total. The van der Waals surface area contributed by atoms with E-state index >= 15 is 0 Å². The predicted molar refractivity (Wildman–Crippen MR) is 124 cm³/mol. The highest BCUT2D eigenvalue weighted by Crippen LogP contribution is 2.30. The summed E-state index contributed by atoms with van der Waals surface area (Å²) in [5, 5.41) is 2.77. The minimum absolute atomic E-state index is 0.149. The van der Waals surface area contributed by atoms with Gasteiger partial charge in [0.2, 0.25) is 5.91 Å². The molecule has 0 aliphatic rings. The molecule has 1 amide bonds. The van der Waals surface area contributed by atoms with Crippen molar-refractivity contribution in [1.82, 2.24) is 9.97 Å². The number of aromatic amines is 1. The smallest absolute Gasteiger partial charge is 0.251 e. The van der Waals surface area contributed by atoms with Crippen LogP contribution >= 0.6 is 11.8 Å². The van der Waals surface area contributed by atoms with Crippen LogP contribution in [0, 0.1) is 0 Å². The lowest BCUT2D eigenvalue weighted by Crippen LogP contribution is -2.25. The van der Waals surface area contributed by atoms with Crippen LogP contribution in [0.5, 0.6) is 17.2 Å². The summed E-state index contributed by atoms with van der Waals surface area (Å²) in [5.41, 5.74) is 0.762. The number of hydrogen-bond acceptors (Lipinski definition) is 7. The number of rotatable bonds is 10. The first kappa shape index (κ1) is 23.2. The molecule has 0 radical (unpaired) electrons. The van der Waals surface area contributed by atoms with E-state index in [1.54, 1.807) is 25.3 Å².